The molecule has 0 unspecified atom stereocenters. The van der Waals surface area contributed by atoms with Crippen molar-refractivity contribution in [2.75, 3.05) is 5.32 Å². The van der Waals surface area contributed by atoms with E-state index >= 15 is 0 Å². The van der Waals surface area contributed by atoms with Crippen LogP contribution in [0.25, 0.3) is 0 Å². The fourth-order valence-corrected chi connectivity index (χ4v) is 1.70. The highest BCUT2D eigenvalue weighted by atomic mass is 79.9. The molecule has 2 N–H and O–H groups in total. The molecule has 1 amide bonds. The average molecular weight is 325 g/mol. The molecular weight excluding hydrogens is 315 g/mol. The van der Waals surface area contributed by atoms with Crippen molar-refractivity contribution in [1.82, 2.24) is 4.98 Å². The number of amides is 1. The molecule has 0 radical (unpaired) electrons. The van der Waals surface area contributed by atoms with Gasteiger partial charge in [0.2, 0.25) is 0 Å². The van der Waals surface area contributed by atoms with Gasteiger partial charge in [-0.25, -0.2) is 9.37 Å². The van der Waals surface area contributed by atoms with Crippen LogP contribution in [0.4, 0.5) is 10.2 Å². The molecule has 0 fully saturated rings. The van der Waals surface area contributed by atoms with E-state index in [0.29, 0.717) is 5.82 Å². The van der Waals surface area contributed by atoms with Gasteiger partial charge in [-0.2, -0.15) is 0 Å². The van der Waals surface area contributed by atoms with E-state index < -0.39 is 11.7 Å². The van der Waals surface area contributed by atoms with E-state index in [0.717, 1.165) is 16.1 Å². The second-order valence-electron chi connectivity index (χ2n) is 3.94. The molecule has 1 aromatic carbocycles. The van der Waals surface area contributed by atoms with Crippen LogP contribution in [-0.4, -0.2) is 16.0 Å². The molecule has 0 bridgehead atoms. The number of hydrogen-bond donors (Lipinski definition) is 2. The van der Waals surface area contributed by atoms with Gasteiger partial charge in [-0.05, 0) is 46.6 Å². The Morgan fingerprint density at radius 2 is 2.16 bits per heavy atom. The standard InChI is InChI=1S/C13H10BrFN2O2/c1-7-4-12(16-6-10(7)14)17-13(19)9-3-2-8(18)5-11(9)15/h2-6,18H,1H3,(H,16,17,19). The molecule has 0 aliphatic rings. The maximum Gasteiger partial charge on any atom is 0.259 e. The first-order valence-electron chi connectivity index (χ1n) is 5.39. The summed E-state index contributed by atoms with van der Waals surface area (Å²) in [4.78, 5) is 15.9. The number of rotatable bonds is 2. The van der Waals surface area contributed by atoms with Crippen LogP contribution in [0.5, 0.6) is 5.75 Å². The third kappa shape index (κ3) is 3.08. The summed E-state index contributed by atoms with van der Waals surface area (Å²) >= 11 is 3.30. The zero-order valence-electron chi connectivity index (χ0n) is 9.95. The maximum absolute atomic E-state index is 13.5. The van der Waals surface area contributed by atoms with Gasteiger partial charge >= 0.3 is 0 Å². The van der Waals surface area contributed by atoms with Crippen LogP contribution < -0.4 is 5.32 Å². The number of anilines is 1. The third-order valence-corrected chi connectivity index (χ3v) is 3.32. The summed E-state index contributed by atoms with van der Waals surface area (Å²) in [6.45, 7) is 1.85. The van der Waals surface area contributed by atoms with Crippen LogP contribution in [-0.2, 0) is 0 Å². The number of aromatic nitrogens is 1. The number of nitrogens with zero attached hydrogens (tertiary/aromatic N) is 1. The van der Waals surface area contributed by atoms with Gasteiger partial charge in [-0.1, -0.05) is 0 Å². The molecule has 98 valence electrons. The Balaban J connectivity index is 2.23. The van der Waals surface area contributed by atoms with Crippen molar-refractivity contribution in [2.45, 2.75) is 6.92 Å². The molecule has 1 aromatic heterocycles. The fraction of sp³-hybridized carbons (Fsp3) is 0.0769. The molecule has 0 spiro atoms. The van der Waals surface area contributed by atoms with Gasteiger partial charge in [-0.15, -0.1) is 0 Å². The molecule has 0 atom stereocenters. The summed E-state index contributed by atoms with van der Waals surface area (Å²) in [6, 6.07) is 5.01. The maximum atomic E-state index is 13.5. The summed E-state index contributed by atoms with van der Waals surface area (Å²) < 4.78 is 14.3. The monoisotopic (exact) mass is 324 g/mol. The number of aromatic hydroxyl groups is 1. The second-order valence-corrected chi connectivity index (χ2v) is 4.79. The predicted octanol–water partition coefficient (Wildman–Crippen LogP) is 3.25. The molecule has 0 saturated heterocycles. The van der Waals surface area contributed by atoms with Gasteiger partial charge in [0.05, 0.1) is 5.56 Å². The zero-order valence-corrected chi connectivity index (χ0v) is 11.5. The quantitative estimate of drug-likeness (QED) is 0.891. The lowest BCUT2D eigenvalue weighted by Crippen LogP contribution is -2.14. The van der Waals surface area contributed by atoms with Crippen LogP contribution >= 0.6 is 15.9 Å². The van der Waals surface area contributed by atoms with E-state index in [-0.39, 0.29) is 11.3 Å². The van der Waals surface area contributed by atoms with Crippen molar-refractivity contribution >= 4 is 27.7 Å². The summed E-state index contributed by atoms with van der Waals surface area (Å²) in [5.74, 6) is -1.30. The highest BCUT2D eigenvalue weighted by molar-refractivity contribution is 9.10. The largest absolute Gasteiger partial charge is 0.508 e. The van der Waals surface area contributed by atoms with Gasteiger partial charge in [0, 0.05) is 16.7 Å². The van der Waals surface area contributed by atoms with Crippen LogP contribution in [0.1, 0.15) is 15.9 Å². The molecule has 6 heteroatoms. The number of phenols is 1. The minimum atomic E-state index is -0.786. The van der Waals surface area contributed by atoms with Gasteiger partial charge < -0.3 is 10.4 Å². The van der Waals surface area contributed by atoms with Crippen molar-refractivity contribution in [3.63, 3.8) is 0 Å². The highest BCUT2D eigenvalue weighted by Gasteiger charge is 2.13. The predicted molar refractivity (Wildman–Crippen MR) is 72.7 cm³/mol. The first kappa shape index (κ1) is 13.5. The normalized spacial score (nSPS) is 10.3. The number of carbonyl (C=O) groups is 1. The third-order valence-electron chi connectivity index (χ3n) is 2.49. The summed E-state index contributed by atoms with van der Waals surface area (Å²) in [7, 11) is 0. The van der Waals surface area contributed by atoms with Gasteiger partial charge in [0.15, 0.2) is 0 Å². The lowest BCUT2D eigenvalue weighted by molar-refractivity contribution is 0.102. The molecule has 1 heterocycles. The summed E-state index contributed by atoms with van der Waals surface area (Å²) in [5.41, 5.74) is 0.747. The van der Waals surface area contributed by atoms with Crippen molar-refractivity contribution < 1.29 is 14.3 Å². The first-order valence-corrected chi connectivity index (χ1v) is 6.18. The number of pyridine rings is 1. The Hall–Kier alpha value is -1.95. The zero-order chi connectivity index (χ0) is 14.0. The molecule has 0 aliphatic carbocycles. The van der Waals surface area contributed by atoms with Crippen molar-refractivity contribution in [3.05, 3.63) is 51.9 Å². The van der Waals surface area contributed by atoms with Crippen LogP contribution in [0.2, 0.25) is 0 Å². The van der Waals surface area contributed by atoms with E-state index in [1.807, 2.05) is 6.92 Å². The number of hydrogen-bond acceptors (Lipinski definition) is 3. The Kier molecular flexibility index (Phi) is 3.80. The van der Waals surface area contributed by atoms with Crippen LogP contribution in [0.15, 0.2) is 34.9 Å². The van der Waals surface area contributed by atoms with E-state index in [1.165, 1.54) is 12.1 Å². The minimum Gasteiger partial charge on any atom is -0.508 e. The van der Waals surface area contributed by atoms with Crippen LogP contribution in [0, 0.1) is 12.7 Å². The number of phenolic OH excluding ortho intramolecular Hbond substituents is 1. The second kappa shape index (κ2) is 5.36. The molecule has 2 rings (SSSR count). The van der Waals surface area contributed by atoms with Crippen molar-refractivity contribution in [3.8, 4) is 5.75 Å². The van der Waals surface area contributed by atoms with Crippen molar-refractivity contribution in [2.24, 2.45) is 0 Å². The Bertz CT molecular complexity index is 647. The van der Waals surface area contributed by atoms with Gasteiger partial charge in [-0.3, -0.25) is 4.79 Å². The molecule has 0 aliphatic heterocycles. The Morgan fingerprint density at radius 1 is 1.42 bits per heavy atom. The average Bonchev–Trinajstić information content (AvgIpc) is 2.33. The summed E-state index contributed by atoms with van der Waals surface area (Å²) in [5, 5.41) is 11.6. The lowest BCUT2D eigenvalue weighted by Gasteiger charge is -2.07. The number of halogens is 2. The smallest absolute Gasteiger partial charge is 0.259 e. The summed E-state index contributed by atoms with van der Waals surface area (Å²) in [6.07, 6.45) is 1.55. The molecular formula is C13H10BrFN2O2. The van der Waals surface area contributed by atoms with Gasteiger partial charge in [0.25, 0.3) is 5.91 Å². The minimum absolute atomic E-state index is 0.153. The van der Waals surface area contributed by atoms with Gasteiger partial charge in [0.1, 0.15) is 17.4 Å². The number of nitrogens with one attached hydrogen (secondary N) is 1. The van der Waals surface area contributed by atoms with Crippen LogP contribution in [0.3, 0.4) is 0 Å². The number of benzene rings is 1. The Morgan fingerprint density at radius 3 is 2.79 bits per heavy atom. The Labute approximate surface area is 117 Å². The molecule has 2 aromatic rings. The fourth-order valence-electron chi connectivity index (χ4n) is 1.48. The van der Waals surface area contributed by atoms with E-state index in [9.17, 15) is 9.18 Å². The molecule has 19 heavy (non-hydrogen) atoms. The van der Waals surface area contributed by atoms with E-state index in [2.05, 4.69) is 26.2 Å². The highest BCUT2D eigenvalue weighted by Crippen LogP contribution is 2.19. The topological polar surface area (TPSA) is 62.2 Å². The molecule has 4 nitrogen and oxygen atoms in total. The lowest BCUT2D eigenvalue weighted by atomic mass is 10.2. The SMILES string of the molecule is Cc1cc(NC(=O)c2ccc(O)cc2F)ncc1Br. The number of carbonyl (C=O) groups excluding carboxylic acids is 1. The van der Waals surface area contributed by atoms with Crippen molar-refractivity contribution in [1.29, 1.82) is 0 Å². The molecule has 0 saturated carbocycles. The number of aryl methyl sites for hydroxylation is 1. The van der Waals surface area contributed by atoms with E-state index in [1.54, 1.807) is 12.3 Å². The van der Waals surface area contributed by atoms with E-state index in [4.69, 9.17) is 5.11 Å². The first-order chi connectivity index (χ1) is 8.97.